The summed E-state index contributed by atoms with van der Waals surface area (Å²) in [6, 6.07) is 5.01. The number of benzene rings is 1. The summed E-state index contributed by atoms with van der Waals surface area (Å²) in [5.74, 6) is -1.54. The topological polar surface area (TPSA) is 123 Å². The summed E-state index contributed by atoms with van der Waals surface area (Å²) in [6.45, 7) is 5.74. The highest BCUT2D eigenvalue weighted by Gasteiger charge is 2.29. The molecule has 0 aliphatic carbocycles. The van der Waals surface area contributed by atoms with Gasteiger partial charge in [-0.2, -0.15) is 0 Å². The van der Waals surface area contributed by atoms with E-state index in [9.17, 15) is 19.2 Å². The molecule has 1 aliphatic heterocycles. The minimum atomic E-state index is -0.587. The second kappa shape index (κ2) is 9.40. The van der Waals surface area contributed by atoms with Crippen molar-refractivity contribution in [2.75, 3.05) is 25.5 Å². The summed E-state index contributed by atoms with van der Waals surface area (Å²) in [7, 11) is 1.28. The summed E-state index contributed by atoms with van der Waals surface area (Å²) in [4.78, 5) is 47.5. The van der Waals surface area contributed by atoms with Gasteiger partial charge in [-0.05, 0) is 44.9 Å². The van der Waals surface area contributed by atoms with Gasteiger partial charge < -0.3 is 25.4 Å². The van der Waals surface area contributed by atoms with E-state index in [1.54, 1.807) is 39.0 Å². The van der Waals surface area contributed by atoms with Crippen LogP contribution in [-0.2, 0) is 25.5 Å². The summed E-state index contributed by atoms with van der Waals surface area (Å²) < 4.78 is 9.73. The molecule has 0 bridgehead atoms. The first-order valence-electron chi connectivity index (χ1n) is 9.34. The highest BCUT2D eigenvalue weighted by atomic mass is 16.6. The summed E-state index contributed by atoms with van der Waals surface area (Å²) >= 11 is 0. The van der Waals surface area contributed by atoms with Crippen molar-refractivity contribution in [3.8, 4) is 0 Å². The number of amides is 3. The molecule has 29 heavy (non-hydrogen) atoms. The minimum absolute atomic E-state index is 0.00859. The Balaban J connectivity index is 1.87. The molecule has 2 rings (SSSR count). The van der Waals surface area contributed by atoms with E-state index in [0.29, 0.717) is 17.7 Å². The van der Waals surface area contributed by atoms with Crippen LogP contribution in [0.25, 0.3) is 0 Å². The van der Waals surface area contributed by atoms with Gasteiger partial charge in [0.05, 0.1) is 19.4 Å². The van der Waals surface area contributed by atoms with Gasteiger partial charge >= 0.3 is 12.1 Å². The zero-order chi connectivity index (χ0) is 21.6. The van der Waals surface area contributed by atoms with Crippen molar-refractivity contribution in [3.05, 3.63) is 29.3 Å². The van der Waals surface area contributed by atoms with Crippen molar-refractivity contribution in [1.29, 1.82) is 0 Å². The zero-order valence-electron chi connectivity index (χ0n) is 17.1. The predicted molar refractivity (Wildman–Crippen MR) is 105 cm³/mol. The van der Waals surface area contributed by atoms with Crippen molar-refractivity contribution in [2.45, 2.75) is 39.2 Å². The maximum absolute atomic E-state index is 12.3. The molecule has 0 saturated heterocycles. The highest BCUT2D eigenvalue weighted by molar-refractivity contribution is 6.00. The van der Waals surface area contributed by atoms with E-state index in [-0.39, 0.29) is 31.3 Å². The summed E-state index contributed by atoms with van der Waals surface area (Å²) in [6.07, 6.45) is -0.142. The quantitative estimate of drug-likeness (QED) is 0.488. The van der Waals surface area contributed by atoms with E-state index >= 15 is 0 Å². The fraction of sp³-hybridized carbons (Fsp3) is 0.500. The lowest BCUT2D eigenvalue weighted by molar-refractivity contribution is -0.143. The van der Waals surface area contributed by atoms with Crippen LogP contribution >= 0.6 is 0 Å². The largest absolute Gasteiger partial charge is 0.469 e. The number of nitrogens with one attached hydrogen (secondary N) is 3. The molecule has 0 saturated carbocycles. The number of hydrogen-bond acceptors (Lipinski definition) is 6. The summed E-state index contributed by atoms with van der Waals surface area (Å²) in [5.41, 5.74) is 1.20. The standard InChI is InChI=1S/C20H27N3O6/c1-20(2,3)29-19(27)22-8-7-21-17(25)13-6-5-12-9-14(11-16(24)28-4)18(26)23-15(12)10-13/h5-6,10,14H,7-9,11H2,1-4H3,(H,21,25)(H,22,27)(H,23,26). The fourth-order valence-electron chi connectivity index (χ4n) is 2.81. The van der Waals surface area contributed by atoms with E-state index in [4.69, 9.17) is 4.74 Å². The van der Waals surface area contributed by atoms with Crippen LogP contribution in [0, 0.1) is 5.92 Å². The van der Waals surface area contributed by atoms with Gasteiger partial charge in [-0.1, -0.05) is 6.07 Å². The number of alkyl carbamates (subject to hydrolysis) is 1. The molecule has 1 aromatic rings. The lowest BCUT2D eigenvalue weighted by atomic mass is 9.90. The van der Waals surface area contributed by atoms with Crippen LogP contribution in [-0.4, -0.2) is 49.7 Å². The first-order chi connectivity index (χ1) is 13.6. The number of hydrogen-bond donors (Lipinski definition) is 3. The number of carbonyl (C=O) groups excluding carboxylic acids is 4. The van der Waals surface area contributed by atoms with Crippen molar-refractivity contribution < 1.29 is 28.7 Å². The zero-order valence-corrected chi connectivity index (χ0v) is 17.1. The van der Waals surface area contributed by atoms with Crippen molar-refractivity contribution in [3.63, 3.8) is 0 Å². The highest BCUT2D eigenvalue weighted by Crippen LogP contribution is 2.28. The molecule has 9 nitrogen and oxygen atoms in total. The molecule has 1 aromatic carbocycles. The van der Waals surface area contributed by atoms with Crippen LogP contribution < -0.4 is 16.0 Å². The number of methoxy groups -OCH3 is 1. The second-order valence-electron chi connectivity index (χ2n) is 7.73. The molecule has 1 aliphatic rings. The van der Waals surface area contributed by atoms with Crippen LogP contribution in [0.5, 0.6) is 0 Å². The Morgan fingerprint density at radius 1 is 1.17 bits per heavy atom. The smallest absolute Gasteiger partial charge is 0.407 e. The van der Waals surface area contributed by atoms with Crippen molar-refractivity contribution in [2.24, 2.45) is 5.92 Å². The first kappa shape index (κ1) is 22.2. The van der Waals surface area contributed by atoms with Crippen LogP contribution in [0.2, 0.25) is 0 Å². The third-order valence-corrected chi connectivity index (χ3v) is 4.19. The number of ether oxygens (including phenoxy) is 2. The van der Waals surface area contributed by atoms with Crippen LogP contribution in [0.3, 0.4) is 0 Å². The van der Waals surface area contributed by atoms with Gasteiger partial charge in [0.2, 0.25) is 5.91 Å². The van der Waals surface area contributed by atoms with E-state index in [2.05, 4.69) is 20.7 Å². The monoisotopic (exact) mass is 405 g/mol. The molecule has 3 amide bonds. The number of carbonyl (C=O) groups is 4. The molecule has 0 fully saturated rings. The van der Waals surface area contributed by atoms with Gasteiger partial charge in [0.25, 0.3) is 5.91 Å². The number of esters is 1. The van der Waals surface area contributed by atoms with Crippen LogP contribution in [0.15, 0.2) is 18.2 Å². The van der Waals surface area contributed by atoms with E-state index < -0.39 is 23.6 Å². The number of anilines is 1. The Hall–Kier alpha value is -3.10. The molecule has 0 aromatic heterocycles. The van der Waals surface area contributed by atoms with Crippen LogP contribution in [0.1, 0.15) is 43.1 Å². The Kier molecular flexibility index (Phi) is 7.19. The SMILES string of the molecule is COC(=O)CC1Cc2ccc(C(=O)NCCNC(=O)OC(C)(C)C)cc2NC1=O. The van der Waals surface area contributed by atoms with Gasteiger partial charge in [-0.25, -0.2) is 4.79 Å². The Bertz CT molecular complexity index is 800. The van der Waals surface area contributed by atoms with E-state index in [1.165, 1.54) is 7.11 Å². The molecule has 9 heteroatoms. The Morgan fingerprint density at radius 3 is 2.52 bits per heavy atom. The lowest BCUT2D eigenvalue weighted by Gasteiger charge is -2.24. The maximum atomic E-state index is 12.3. The average molecular weight is 405 g/mol. The Labute approximate surface area is 169 Å². The van der Waals surface area contributed by atoms with Crippen LogP contribution in [0.4, 0.5) is 10.5 Å². The molecule has 1 unspecified atom stereocenters. The van der Waals surface area contributed by atoms with Crippen molar-refractivity contribution >= 4 is 29.6 Å². The molecule has 158 valence electrons. The minimum Gasteiger partial charge on any atom is -0.469 e. The average Bonchev–Trinajstić information content (AvgIpc) is 2.63. The molecule has 0 radical (unpaired) electrons. The Morgan fingerprint density at radius 2 is 1.86 bits per heavy atom. The normalized spacial score (nSPS) is 15.6. The van der Waals surface area contributed by atoms with Gasteiger partial charge in [-0.3, -0.25) is 14.4 Å². The molecular weight excluding hydrogens is 378 g/mol. The molecule has 3 N–H and O–H groups in total. The first-order valence-corrected chi connectivity index (χ1v) is 9.34. The molecule has 1 heterocycles. The predicted octanol–water partition coefficient (Wildman–Crippen LogP) is 1.61. The third-order valence-electron chi connectivity index (χ3n) is 4.19. The van der Waals surface area contributed by atoms with Crippen molar-refractivity contribution in [1.82, 2.24) is 10.6 Å². The molecule has 0 spiro atoms. The third kappa shape index (κ3) is 6.78. The van der Waals surface area contributed by atoms with Gasteiger partial charge in [0.15, 0.2) is 0 Å². The molecule has 1 atom stereocenters. The summed E-state index contributed by atoms with van der Waals surface area (Å²) in [5, 5.41) is 7.99. The lowest BCUT2D eigenvalue weighted by Crippen LogP contribution is -2.38. The van der Waals surface area contributed by atoms with Gasteiger partial charge in [-0.15, -0.1) is 0 Å². The maximum Gasteiger partial charge on any atom is 0.407 e. The van der Waals surface area contributed by atoms with Gasteiger partial charge in [0, 0.05) is 24.3 Å². The van der Waals surface area contributed by atoms with Gasteiger partial charge in [0.1, 0.15) is 5.60 Å². The number of fused-ring (bicyclic) bond motifs is 1. The fourth-order valence-corrected chi connectivity index (χ4v) is 2.81. The van der Waals surface area contributed by atoms with E-state index in [1.807, 2.05) is 0 Å². The van der Waals surface area contributed by atoms with E-state index in [0.717, 1.165) is 5.56 Å². The second-order valence-corrected chi connectivity index (χ2v) is 7.73. The number of rotatable bonds is 6. The molecular formula is C20H27N3O6.